The molecule has 0 bridgehead atoms. The van der Waals surface area contributed by atoms with Crippen LogP contribution >= 0.6 is 25.3 Å². The maximum Gasteiger partial charge on any atom is 0.130 e. The maximum absolute atomic E-state index is 7.18. The van der Waals surface area contributed by atoms with Crippen molar-refractivity contribution in [3.8, 4) is 10.8 Å². The first-order chi connectivity index (χ1) is 2.83. The molecular formula is C2H5CoN3S2. The summed E-state index contributed by atoms with van der Waals surface area (Å²) in [6.45, 7) is 0. The fraction of sp³-hybridized carbons (Fsp3) is 0. The van der Waals surface area contributed by atoms with Gasteiger partial charge in [0.2, 0.25) is 0 Å². The van der Waals surface area contributed by atoms with Gasteiger partial charge in [0.1, 0.15) is 10.8 Å². The van der Waals surface area contributed by atoms with Gasteiger partial charge in [-0.1, -0.05) is 25.3 Å². The smallest absolute Gasteiger partial charge is 0.130 e. The first kappa shape index (κ1) is 24.2. The minimum absolute atomic E-state index is 0. The summed E-state index contributed by atoms with van der Waals surface area (Å²) < 4.78 is 0. The normalized spacial score (nSPS) is 2.00. The number of hydrogen-bond acceptors (Lipinski definition) is 5. The molecule has 0 aliphatic rings. The van der Waals surface area contributed by atoms with Gasteiger partial charge in [-0.3, -0.25) is 0 Å². The zero-order chi connectivity index (χ0) is 5.41. The van der Waals surface area contributed by atoms with Gasteiger partial charge in [0.05, 0.1) is 0 Å². The second-order valence-electron chi connectivity index (χ2n) is 0.200. The number of hydrogen-bond donors (Lipinski definition) is 3. The standard InChI is InChI=1S/2CHNS.Co.H3N/c2*2-1-3;;/h2*3H;;1H3. The Labute approximate surface area is 69.7 Å². The van der Waals surface area contributed by atoms with Gasteiger partial charge in [-0.25, -0.2) is 0 Å². The van der Waals surface area contributed by atoms with E-state index in [1.165, 1.54) is 10.8 Å². The van der Waals surface area contributed by atoms with Crippen LogP contribution in [0.3, 0.4) is 0 Å². The van der Waals surface area contributed by atoms with Gasteiger partial charge in [0.25, 0.3) is 0 Å². The van der Waals surface area contributed by atoms with E-state index in [-0.39, 0.29) is 22.9 Å². The van der Waals surface area contributed by atoms with Crippen LogP contribution in [0.25, 0.3) is 0 Å². The van der Waals surface area contributed by atoms with Crippen molar-refractivity contribution in [3.63, 3.8) is 0 Å². The molecule has 0 fully saturated rings. The average molecular weight is 194 g/mol. The van der Waals surface area contributed by atoms with Crippen LogP contribution in [0.4, 0.5) is 0 Å². The van der Waals surface area contributed by atoms with E-state index < -0.39 is 0 Å². The van der Waals surface area contributed by atoms with Crippen molar-refractivity contribution < 1.29 is 16.8 Å². The van der Waals surface area contributed by atoms with Crippen molar-refractivity contribution in [2.75, 3.05) is 0 Å². The largest absolute Gasteiger partial charge is 0.344 e. The Morgan fingerprint density at radius 1 is 1.00 bits per heavy atom. The minimum atomic E-state index is 0. The topological polar surface area (TPSA) is 82.6 Å². The molecule has 3 N–H and O–H groups in total. The van der Waals surface area contributed by atoms with Gasteiger partial charge in [-0.15, -0.1) is 0 Å². The molecule has 0 aromatic heterocycles. The van der Waals surface area contributed by atoms with E-state index in [9.17, 15) is 0 Å². The molecule has 6 heteroatoms. The SMILES string of the molecule is N.N#CS.N#CS.[Co]. The fourth-order valence-electron chi connectivity index (χ4n) is 0. The summed E-state index contributed by atoms with van der Waals surface area (Å²) in [5, 5.41) is 17.3. The molecular weight excluding hydrogens is 189 g/mol. The van der Waals surface area contributed by atoms with Crippen molar-refractivity contribution in [2.45, 2.75) is 0 Å². The zero-order valence-electron chi connectivity index (χ0n) is 3.83. The van der Waals surface area contributed by atoms with E-state index >= 15 is 0 Å². The third-order valence-electron chi connectivity index (χ3n) is 0. The molecule has 1 radical (unpaired) electrons. The van der Waals surface area contributed by atoms with Crippen molar-refractivity contribution in [1.29, 1.82) is 10.5 Å². The van der Waals surface area contributed by atoms with Crippen molar-refractivity contribution in [2.24, 2.45) is 0 Å². The Morgan fingerprint density at radius 3 is 1.00 bits per heavy atom. The third-order valence-corrected chi connectivity index (χ3v) is 0. The quantitative estimate of drug-likeness (QED) is 0.396. The van der Waals surface area contributed by atoms with Crippen LogP contribution in [0.2, 0.25) is 0 Å². The number of rotatable bonds is 0. The molecule has 0 unspecified atom stereocenters. The Balaban J connectivity index is -0.0000000160. The molecule has 3 nitrogen and oxygen atoms in total. The Bertz CT molecular complexity index is 70.3. The van der Waals surface area contributed by atoms with E-state index in [4.69, 9.17) is 10.5 Å². The van der Waals surface area contributed by atoms with Gasteiger partial charge < -0.3 is 6.15 Å². The molecule has 49 valence electrons. The van der Waals surface area contributed by atoms with Gasteiger partial charge >= 0.3 is 0 Å². The molecule has 0 saturated heterocycles. The van der Waals surface area contributed by atoms with Gasteiger partial charge in [-0.05, 0) is 0 Å². The molecule has 0 heterocycles. The second-order valence-corrected chi connectivity index (χ2v) is 0.600. The summed E-state index contributed by atoms with van der Waals surface area (Å²) in [5.41, 5.74) is 0. The van der Waals surface area contributed by atoms with E-state index in [2.05, 4.69) is 25.3 Å². The molecule has 0 atom stereocenters. The second kappa shape index (κ2) is 58.6. The monoisotopic (exact) mass is 194 g/mol. The van der Waals surface area contributed by atoms with E-state index in [1.54, 1.807) is 0 Å². The van der Waals surface area contributed by atoms with E-state index in [0.29, 0.717) is 0 Å². The Kier molecular flexibility index (Phi) is 177. The predicted molar refractivity (Wildman–Crippen MR) is 34.2 cm³/mol. The predicted octanol–water partition coefficient (Wildman–Crippen LogP) is 0.954. The molecule has 0 spiro atoms. The van der Waals surface area contributed by atoms with E-state index in [0.717, 1.165) is 0 Å². The summed E-state index contributed by atoms with van der Waals surface area (Å²) in [7, 11) is 0. The average Bonchev–Trinajstić information content (AvgIpc) is 1.39. The molecule has 0 aromatic carbocycles. The van der Waals surface area contributed by atoms with Crippen molar-refractivity contribution in [3.05, 3.63) is 0 Å². The number of nitriles is 2. The summed E-state index contributed by atoms with van der Waals surface area (Å²) in [5.74, 6) is 0. The van der Waals surface area contributed by atoms with Crippen LogP contribution in [0.1, 0.15) is 0 Å². The van der Waals surface area contributed by atoms with Crippen LogP contribution in [0.15, 0.2) is 0 Å². The maximum atomic E-state index is 7.18. The molecule has 0 saturated carbocycles. The fourth-order valence-corrected chi connectivity index (χ4v) is 0. The third kappa shape index (κ3) is 7590. The first-order valence-electron chi connectivity index (χ1n) is 0.894. The zero-order valence-corrected chi connectivity index (χ0v) is 6.66. The van der Waals surface area contributed by atoms with Crippen LogP contribution in [-0.4, -0.2) is 0 Å². The van der Waals surface area contributed by atoms with Gasteiger partial charge in [0.15, 0.2) is 0 Å². The number of thiocyanates is 2. The van der Waals surface area contributed by atoms with Gasteiger partial charge in [-0.2, -0.15) is 10.5 Å². The summed E-state index contributed by atoms with van der Waals surface area (Å²) in [6, 6.07) is 0. The molecule has 0 rings (SSSR count). The number of nitrogens with zero attached hydrogens (tertiary/aromatic N) is 2. The van der Waals surface area contributed by atoms with Crippen LogP contribution in [0.5, 0.6) is 0 Å². The van der Waals surface area contributed by atoms with E-state index in [1.807, 2.05) is 0 Å². The minimum Gasteiger partial charge on any atom is -0.344 e. The van der Waals surface area contributed by atoms with Crippen LogP contribution in [-0.2, 0) is 16.8 Å². The summed E-state index contributed by atoms with van der Waals surface area (Å²) in [4.78, 5) is 0. The molecule has 8 heavy (non-hydrogen) atoms. The molecule has 0 aromatic rings. The Hall–Kier alpha value is 0.146. The van der Waals surface area contributed by atoms with Crippen LogP contribution in [0, 0.1) is 21.3 Å². The van der Waals surface area contributed by atoms with Crippen molar-refractivity contribution >= 4 is 25.3 Å². The molecule has 0 aliphatic carbocycles. The first-order valence-corrected chi connectivity index (χ1v) is 1.79. The molecule has 0 aliphatic heterocycles. The van der Waals surface area contributed by atoms with Crippen LogP contribution < -0.4 is 6.15 Å². The Morgan fingerprint density at radius 2 is 1.00 bits per heavy atom. The van der Waals surface area contributed by atoms with Gasteiger partial charge in [0, 0.05) is 16.8 Å². The number of thiol groups is 2. The summed E-state index contributed by atoms with van der Waals surface area (Å²) in [6.07, 6.45) is 0. The molecule has 0 amide bonds. The van der Waals surface area contributed by atoms with Crippen molar-refractivity contribution in [1.82, 2.24) is 6.15 Å². The summed E-state index contributed by atoms with van der Waals surface area (Å²) >= 11 is 6.19.